The molecule has 1 heterocycles. The standard InChI is InChI=1S/C15H14BrN3/c1-9-11(3-2-4-12(9)16)15-18-13-6-5-10(8-17)7-14(13)19-15/h2-7H,8,17H2,1H3,(H,18,19). The van der Waals surface area contributed by atoms with E-state index in [0.717, 1.165) is 32.5 Å². The van der Waals surface area contributed by atoms with Gasteiger partial charge in [0.05, 0.1) is 11.0 Å². The number of hydrogen-bond acceptors (Lipinski definition) is 2. The smallest absolute Gasteiger partial charge is 0.138 e. The fourth-order valence-electron chi connectivity index (χ4n) is 2.18. The predicted molar refractivity (Wildman–Crippen MR) is 81.9 cm³/mol. The molecule has 4 heteroatoms. The molecule has 0 amide bonds. The maximum Gasteiger partial charge on any atom is 0.138 e. The van der Waals surface area contributed by atoms with Gasteiger partial charge >= 0.3 is 0 Å². The Labute approximate surface area is 120 Å². The first-order valence-corrected chi connectivity index (χ1v) is 6.92. The molecule has 2 aromatic carbocycles. The van der Waals surface area contributed by atoms with Crippen LogP contribution in [0.4, 0.5) is 0 Å². The number of imidazole rings is 1. The molecule has 3 nitrogen and oxygen atoms in total. The molecule has 1 aromatic heterocycles. The summed E-state index contributed by atoms with van der Waals surface area (Å²) in [4.78, 5) is 8.01. The van der Waals surface area contributed by atoms with Crippen LogP contribution in [-0.2, 0) is 6.54 Å². The molecule has 0 atom stereocenters. The van der Waals surface area contributed by atoms with Crippen LogP contribution in [0.15, 0.2) is 40.9 Å². The second-order valence-corrected chi connectivity index (χ2v) is 5.41. The molecule has 0 aliphatic rings. The lowest BCUT2D eigenvalue weighted by Crippen LogP contribution is -1.95. The van der Waals surface area contributed by atoms with Gasteiger partial charge < -0.3 is 10.7 Å². The van der Waals surface area contributed by atoms with E-state index in [2.05, 4.69) is 45.0 Å². The Morgan fingerprint density at radius 3 is 2.89 bits per heavy atom. The number of aromatic nitrogens is 2. The third-order valence-corrected chi connectivity index (χ3v) is 4.16. The van der Waals surface area contributed by atoms with Crippen LogP contribution in [0.1, 0.15) is 11.1 Å². The highest BCUT2D eigenvalue weighted by Crippen LogP contribution is 2.28. The number of benzene rings is 2. The van der Waals surface area contributed by atoms with Crippen molar-refractivity contribution in [3.05, 3.63) is 52.0 Å². The summed E-state index contributed by atoms with van der Waals surface area (Å²) < 4.78 is 1.09. The number of hydrogen-bond donors (Lipinski definition) is 2. The average molecular weight is 316 g/mol. The fourth-order valence-corrected chi connectivity index (χ4v) is 2.54. The van der Waals surface area contributed by atoms with Crippen LogP contribution < -0.4 is 5.73 Å². The van der Waals surface area contributed by atoms with Crippen molar-refractivity contribution < 1.29 is 0 Å². The minimum atomic E-state index is 0.542. The molecule has 0 bridgehead atoms. The Morgan fingerprint density at radius 1 is 1.26 bits per heavy atom. The van der Waals surface area contributed by atoms with Crippen molar-refractivity contribution in [2.24, 2.45) is 5.73 Å². The van der Waals surface area contributed by atoms with E-state index in [0.29, 0.717) is 6.54 Å². The van der Waals surface area contributed by atoms with Crippen molar-refractivity contribution in [1.29, 1.82) is 0 Å². The average Bonchev–Trinajstić information content (AvgIpc) is 2.84. The molecule has 0 saturated heterocycles. The zero-order chi connectivity index (χ0) is 13.4. The van der Waals surface area contributed by atoms with Crippen molar-refractivity contribution in [3.63, 3.8) is 0 Å². The Morgan fingerprint density at radius 2 is 2.11 bits per heavy atom. The number of fused-ring (bicyclic) bond motifs is 1. The third kappa shape index (κ3) is 2.17. The molecule has 3 aromatic rings. The van der Waals surface area contributed by atoms with Gasteiger partial charge in [0.2, 0.25) is 0 Å². The maximum atomic E-state index is 5.66. The van der Waals surface area contributed by atoms with E-state index >= 15 is 0 Å². The lowest BCUT2D eigenvalue weighted by Gasteiger charge is -2.03. The highest BCUT2D eigenvalue weighted by molar-refractivity contribution is 9.10. The van der Waals surface area contributed by atoms with Crippen LogP contribution in [0.25, 0.3) is 22.4 Å². The van der Waals surface area contributed by atoms with Gasteiger partial charge in [-0.2, -0.15) is 0 Å². The molecule has 0 unspecified atom stereocenters. The number of nitrogens with zero attached hydrogens (tertiary/aromatic N) is 1. The number of rotatable bonds is 2. The van der Waals surface area contributed by atoms with Gasteiger partial charge in [0, 0.05) is 16.6 Å². The van der Waals surface area contributed by atoms with Crippen LogP contribution in [0, 0.1) is 6.92 Å². The minimum absolute atomic E-state index is 0.542. The summed E-state index contributed by atoms with van der Waals surface area (Å²) in [6.45, 7) is 2.62. The van der Waals surface area contributed by atoms with Gasteiger partial charge in [0.15, 0.2) is 0 Å². The highest BCUT2D eigenvalue weighted by Gasteiger charge is 2.09. The first-order chi connectivity index (χ1) is 9.19. The Bertz CT molecular complexity index is 746. The Hall–Kier alpha value is -1.65. The zero-order valence-corrected chi connectivity index (χ0v) is 12.2. The van der Waals surface area contributed by atoms with Gasteiger partial charge in [0.25, 0.3) is 0 Å². The summed E-state index contributed by atoms with van der Waals surface area (Å²) in [7, 11) is 0. The molecule has 0 aliphatic carbocycles. The van der Waals surface area contributed by atoms with E-state index in [1.54, 1.807) is 0 Å². The monoisotopic (exact) mass is 315 g/mol. The normalized spacial score (nSPS) is 11.1. The molecular formula is C15H14BrN3. The van der Waals surface area contributed by atoms with Crippen molar-refractivity contribution in [1.82, 2.24) is 9.97 Å². The van der Waals surface area contributed by atoms with E-state index in [9.17, 15) is 0 Å². The van der Waals surface area contributed by atoms with Crippen LogP contribution in [0.3, 0.4) is 0 Å². The van der Waals surface area contributed by atoms with Crippen LogP contribution in [0.2, 0.25) is 0 Å². The molecule has 0 aliphatic heterocycles. The number of aromatic amines is 1. The zero-order valence-electron chi connectivity index (χ0n) is 10.6. The van der Waals surface area contributed by atoms with Gasteiger partial charge in [0.1, 0.15) is 5.82 Å². The quantitative estimate of drug-likeness (QED) is 0.756. The Kier molecular flexibility index (Phi) is 3.12. The molecule has 3 N–H and O–H groups in total. The van der Waals surface area contributed by atoms with Gasteiger partial charge in [-0.15, -0.1) is 0 Å². The minimum Gasteiger partial charge on any atom is -0.338 e. The first-order valence-electron chi connectivity index (χ1n) is 6.13. The largest absolute Gasteiger partial charge is 0.338 e. The van der Waals surface area contributed by atoms with Gasteiger partial charge in [-0.3, -0.25) is 0 Å². The molecule has 3 rings (SSSR count). The van der Waals surface area contributed by atoms with Gasteiger partial charge in [-0.1, -0.05) is 34.1 Å². The highest BCUT2D eigenvalue weighted by atomic mass is 79.9. The summed E-state index contributed by atoms with van der Waals surface area (Å²) in [6.07, 6.45) is 0. The Balaban J connectivity index is 2.18. The number of halogens is 1. The predicted octanol–water partition coefficient (Wildman–Crippen LogP) is 3.76. The van der Waals surface area contributed by atoms with E-state index in [1.165, 1.54) is 5.56 Å². The SMILES string of the molecule is Cc1c(Br)cccc1-c1nc2ccc(CN)cc2[nH]1. The third-order valence-electron chi connectivity index (χ3n) is 3.30. The summed E-state index contributed by atoms with van der Waals surface area (Å²) in [6, 6.07) is 12.2. The lowest BCUT2D eigenvalue weighted by molar-refractivity contribution is 1.07. The van der Waals surface area contributed by atoms with Gasteiger partial charge in [-0.25, -0.2) is 4.98 Å². The summed E-state index contributed by atoms with van der Waals surface area (Å²) in [5.41, 5.74) is 11.0. The summed E-state index contributed by atoms with van der Waals surface area (Å²) in [5.74, 6) is 0.892. The fraction of sp³-hybridized carbons (Fsp3) is 0.133. The molecule has 0 spiro atoms. The van der Waals surface area contributed by atoms with Crippen molar-refractivity contribution in [2.75, 3.05) is 0 Å². The molecule has 0 radical (unpaired) electrons. The van der Waals surface area contributed by atoms with Crippen molar-refractivity contribution >= 4 is 27.0 Å². The molecule has 19 heavy (non-hydrogen) atoms. The molecule has 0 fully saturated rings. The second-order valence-electron chi connectivity index (χ2n) is 4.55. The number of nitrogens with two attached hydrogens (primary N) is 1. The van der Waals surface area contributed by atoms with E-state index in [1.807, 2.05) is 24.3 Å². The molecular weight excluding hydrogens is 302 g/mol. The van der Waals surface area contributed by atoms with Gasteiger partial charge in [-0.05, 0) is 36.2 Å². The summed E-state index contributed by atoms with van der Waals surface area (Å²) in [5, 5.41) is 0. The molecule has 96 valence electrons. The van der Waals surface area contributed by atoms with Crippen LogP contribution in [-0.4, -0.2) is 9.97 Å². The van der Waals surface area contributed by atoms with Crippen molar-refractivity contribution in [2.45, 2.75) is 13.5 Å². The maximum absolute atomic E-state index is 5.66. The van der Waals surface area contributed by atoms with Crippen LogP contribution in [0.5, 0.6) is 0 Å². The first kappa shape index (κ1) is 12.4. The second kappa shape index (κ2) is 4.79. The van der Waals surface area contributed by atoms with Crippen LogP contribution >= 0.6 is 15.9 Å². The number of nitrogens with one attached hydrogen (secondary N) is 1. The summed E-state index contributed by atoms with van der Waals surface area (Å²) >= 11 is 3.55. The number of H-pyrrole nitrogens is 1. The van der Waals surface area contributed by atoms with E-state index in [-0.39, 0.29) is 0 Å². The topological polar surface area (TPSA) is 54.7 Å². The molecule has 0 saturated carbocycles. The van der Waals surface area contributed by atoms with E-state index in [4.69, 9.17) is 5.73 Å². The van der Waals surface area contributed by atoms with E-state index < -0.39 is 0 Å². The lowest BCUT2D eigenvalue weighted by atomic mass is 10.1. The van der Waals surface area contributed by atoms with Crippen molar-refractivity contribution in [3.8, 4) is 11.4 Å².